The van der Waals surface area contributed by atoms with Gasteiger partial charge in [0, 0.05) is 11.6 Å². The van der Waals surface area contributed by atoms with Gasteiger partial charge in [-0.15, -0.1) is 0 Å². The smallest absolute Gasteiger partial charge is 0.442 e. The van der Waals surface area contributed by atoms with Crippen LogP contribution in [0.15, 0.2) is 58.1 Å². The summed E-state index contributed by atoms with van der Waals surface area (Å²) in [5, 5.41) is 1.80. The second kappa shape index (κ2) is 7.06. The number of nitrogens with zero attached hydrogens (tertiary/aromatic N) is 2. The van der Waals surface area contributed by atoms with Crippen LogP contribution in [0.1, 0.15) is 41.8 Å². The molecule has 1 aliphatic heterocycles. The molecule has 1 atom stereocenters. The number of furan rings is 1. The number of halogens is 3. The van der Waals surface area contributed by atoms with Crippen molar-refractivity contribution in [2.24, 2.45) is 4.99 Å². The van der Waals surface area contributed by atoms with Crippen LogP contribution in [0, 0.1) is 0 Å². The second-order valence-electron chi connectivity index (χ2n) is 7.05. The number of rotatable bonds is 4. The predicted molar refractivity (Wildman–Crippen MR) is 97.0 cm³/mol. The Kier molecular flexibility index (Phi) is 4.68. The Balaban J connectivity index is 1.82. The highest BCUT2D eigenvalue weighted by Gasteiger charge is 2.68. The van der Waals surface area contributed by atoms with Crippen molar-refractivity contribution >= 4 is 17.6 Å². The van der Waals surface area contributed by atoms with Crippen LogP contribution >= 0.6 is 0 Å². The third-order valence-electron chi connectivity index (χ3n) is 5.20. The Morgan fingerprint density at radius 2 is 1.83 bits per heavy atom. The molecule has 0 spiro atoms. The molecule has 0 bridgehead atoms. The van der Waals surface area contributed by atoms with Crippen LogP contribution in [0.25, 0.3) is 0 Å². The first-order chi connectivity index (χ1) is 13.8. The Morgan fingerprint density at radius 3 is 2.41 bits per heavy atom. The maximum absolute atomic E-state index is 14.2. The highest BCUT2D eigenvalue weighted by molar-refractivity contribution is 6.17. The minimum absolute atomic E-state index is 0.0837. The Labute approximate surface area is 164 Å². The van der Waals surface area contributed by atoms with Crippen molar-refractivity contribution in [2.75, 3.05) is 0 Å². The van der Waals surface area contributed by atoms with Crippen molar-refractivity contribution in [1.82, 2.24) is 10.2 Å². The molecule has 0 radical (unpaired) electrons. The fourth-order valence-corrected chi connectivity index (χ4v) is 3.79. The predicted octanol–water partition coefficient (Wildman–Crippen LogP) is 3.50. The number of amides is 2. The zero-order chi connectivity index (χ0) is 20.6. The molecule has 2 aromatic rings. The van der Waals surface area contributed by atoms with Crippen molar-refractivity contribution in [1.29, 1.82) is 0 Å². The molecule has 2 amide bonds. The minimum Gasteiger partial charge on any atom is -0.459 e. The first kappa shape index (κ1) is 19.2. The minimum atomic E-state index is -5.14. The number of carbonyl (C=O) groups is 2. The molecule has 9 heteroatoms. The summed E-state index contributed by atoms with van der Waals surface area (Å²) >= 11 is 0. The van der Waals surface area contributed by atoms with Crippen LogP contribution in [0.4, 0.5) is 13.2 Å². The average Bonchev–Trinajstić information content (AvgIpc) is 3.43. The third kappa shape index (κ3) is 3.20. The number of alkyl halides is 3. The van der Waals surface area contributed by atoms with Crippen molar-refractivity contribution < 1.29 is 27.2 Å². The molecule has 1 aromatic heterocycles. The number of hydrogen-bond donors (Lipinski definition) is 1. The summed E-state index contributed by atoms with van der Waals surface area (Å²) in [7, 11) is 0. The number of aliphatic imine (C=N–C) groups is 1. The third-order valence-corrected chi connectivity index (χ3v) is 5.20. The van der Waals surface area contributed by atoms with E-state index in [4.69, 9.17) is 4.42 Å². The first-order valence-electron chi connectivity index (χ1n) is 9.25. The molecule has 29 heavy (non-hydrogen) atoms. The average molecular weight is 405 g/mol. The van der Waals surface area contributed by atoms with E-state index < -0.39 is 29.7 Å². The highest BCUT2D eigenvalue weighted by Crippen LogP contribution is 2.41. The molecule has 0 saturated heterocycles. The van der Waals surface area contributed by atoms with Crippen LogP contribution < -0.4 is 5.32 Å². The molecule has 1 fully saturated rings. The van der Waals surface area contributed by atoms with Gasteiger partial charge < -0.3 is 9.73 Å². The molecule has 2 aliphatic rings. The zero-order valence-corrected chi connectivity index (χ0v) is 15.3. The van der Waals surface area contributed by atoms with Gasteiger partial charge >= 0.3 is 11.8 Å². The lowest BCUT2D eigenvalue weighted by Crippen LogP contribution is -2.64. The summed E-state index contributed by atoms with van der Waals surface area (Å²) in [6, 6.07) is 10.4. The Bertz CT molecular complexity index is 935. The summed E-state index contributed by atoms with van der Waals surface area (Å²) in [5.74, 6) is -2.88. The van der Waals surface area contributed by atoms with Gasteiger partial charge in [0.05, 0.1) is 6.26 Å². The summed E-state index contributed by atoms with van der Waals surface area (Å²) in [6.45, 7) is 0. The van der Waals surface area contributed by atoms with Gasteiger partial charge in [-0.05, 0) is 25.0 Å². The molecule has 1 unspecified atom stereocenters. The van der Waals surface area contributed by atoms with E-state index in [9.17, 15) is 22.8 Å². The molecule has 1 N–H and O–H groups in total. The zero-order valence-electron chi connectivity index (χ0n) is 15.3. The standard InChI is InChI=1S/C20H18F3N3O3/c21-20(22,23)19(25-17(27)15-11-6-12-29-15)18(28)26(14-9-4-5-10-14)16(24-19)13-7-2-1-3-8-13/h1-3,6-8,11-12,14H,4-5,9-10H2,(H,25,27). The summed E-state index contributed by atoms with van der Waals surface area (Å²) in [4.78, 5) is 30.5. The van der Waals surface area contributed by atoms with Crippen molar-refractivity contribution in [2.45, 2.75) is 43.6 Å². The maximum atomic E-state index is 14.2. The van der Waals surface area contributed by atoms with Gasteiger partial charge in [0.2, 0.25) is 0 Å². The number of hydrogen-bond acceptors (Lipinski definition) is 4. The summed E-state index contributed by atoms with van der Waals surface area (Å²) < 4.78 is 47.5. The van der Waals surface area contributed by atoms with Gasteiger partial charge in [0.15, 0.2) is 5.76 Å². The van der Waals surface area contributed by atoms with Gasteiger partial charge in [-0.1, -0.05) is 43.2 Å². The molecular formula is C20H18F3N3O3. The number of carbonyl (C=O) groups excluding carboxylic acids is 2. The maximum Gasteiger partial charge on any atom is 0.442 e. The molecule has 6 nitrogen and oxygen atoms in total. The lowest BCUT2D eigenvalue weighted by molar-refractivity contribution is -0.196. The van der Waals surface area contributed by atoms with Crippen LogP contribution in [-0.2, 0) is 4.79 Å². The highest BCUT2D eigenvalue weighted by atomic mass is 19.4. The number of amidine groups is 1. The van der Waals surface area contributed by atoms with Crippen molar-refractivity contribution in [3.8, 4) is 0 Å². The van der Waals surface area contributed by atoms with Crippen LogP contribution in [-0.4, -0.2) is 40.4 Å². The molecule has 152 valence electrons. The molecule has 1 aromatic carbocycles. The fourth-order valence-electron chi connectivity index (χ4n) is 3.79. The summed E-state index contributed by atoms with van der Waals surface area (Å²) in [5.41, 5.74) is -3.02. The quantitative estimate of drug-likeness (QED) is 0.846. The lowest BCUT2D eigenvalue weighted by atomic mass is 10.1. The monoisotopic (exact) mass is 405 g/mol. The van der Waals surface area contributed by atoms with E-state index in [2.05, 4.69) is 4.99 Å². The van der Waals surface area contributed by atoms with E-state index in [-0.39, 0.29) is 11.6 Å². The van der Waals surface area contributed by atoms with E-state index in [0.717, 1.165) is 24.0 Å². The van der Waals surface area contributed by atoms with E-state index in [0.29, 0.717) is 18.4 Å². The molecule has 2 heterocycles. The van der Waals surface area contributed by atoms with Crippen LogP contribution in [0.3, 0.4) is 0 Å². The van der Waals surface area contributed by atoms with E-state index in [1.807, 2.05) is 0 Å². The SMILES string of the molecule is O=C(NC1(C(F)(F)F)N=C(c2ccccc2)N(C2CCCC2)C1=O)c1ccco1. The van der Waals surface area contributed by atoms with Crippen molar-refractivity contribution in [3.05, 3.63) is 60.1 Å². The topological polar surface area (TPSA) is 74.9 Å². The first-order valence-corrected chi connectivity index (χ1v) is 9.25. The van der Waals surface area contributed by atoms with Gasteiger partial charge in [0.1, 0.15) is 5.84 Å². The van der Waals surface area contributed by atoms with Gasteiger partial charge in [-0.3, -0.25) is 14.5 Å². The van der Waals surface area contributed by atoms with Gasteiger partial charge in [-0.2, -0.15) is 13.2 Å². The largest absolute Gasteiger partial charge is 0.459 e. The van der Waals surface area contributed by atoms with Crippen LogP contribution in [0.2, 0.25) is 0 Å². The Morgan fingerprint density at radius 1 is 1.14 bits per heavy atom. The normalized spacial score (nSPS) is 22.8. The number of benzene rings is 1. The molecular weight excluding hydrogens is 387 g/mol. The van der Waals surface area contributed by atoms with Gasteiger partial charge in [0.25, 0.3) is 11.8 Å². The molecule has 1 saturated carbocycles. The van der Waals surface area contributed by atoms with Gasteiger partial charge in [-0.25, -0.2) is 4.99 Å². The second-order valence-corrected chi connectivity index (χ2v) is 7.05. The molecule has 1 aliphatic carbocycles. The Hall–Kier alpha value is -3.10. The number of nitrogens with one attached hydrogen (secondary N) is 1. The van der Waals surface area contributed by atoms with E-state index >= 15 is 0 Å². The fraction of sp³-hybridized carbons (Fsp3) is 0.350. The van der Waals surface area contributed by atoms with Crippen LogP contribution in [0.5, 0.6) is 0 Å². The van der Waals surface area contributed by atoms with E-state index in [1.54, 1.807) is 35.6 Å². The van der Waals surface area contributed by atoms with E-state index in [1.165, 1.54) is 12.1 Å². The lowest BCUT2D eigenvalue weighted by Gasteiger charge is -2.31. The summed E-state index contributed by atoms with van der Waals surface area (Å²) in [6.07, 6.45) is -1.19. The molecule has 4 rings (SSSR count). The van der Waals surface area contributed by atoms with Crippen molar-refractivity contribution in [3.63, 3.8) is 0 Å².